The second kappa shape index (κ2) is 7.14. The molecule has 2 rings (SSSR count). The summed E-state index contributed by atoms with van der Waals surface area (Å²) in [6.45, 7) is 2.18. The molecule has 0 saturated carbocycles. The Kier molecular flexibility index (Phi) is 5.21. The fourth-order valence-electron chi connectivity index (χ4n) is 1.77. The van der Waals surface area contributed by atoms with Crippen molar-refractivity contribution in [3.05, 3.63) is 53.1 Å². The maximum atomic E-state index is 12.0. The van der Waals surface area contributed by atoms with Crippen molar-refractivity contribution < 1.29 is 0 Å². The van der Waals surface area contributed by atoms with Crippen LogP contribution in [-0.4, -0.2) is 15.3 Å². The number of thioether (sulfide) groups is 1. The molecule has 100 valence electrons. The minimum absolute atomic E-state index is 0.0285. The quantitative estimate of drug-likeness (QED) is 0.459. The van der Waals surface area contributed by atoms with Gasteiger partial charge < -0.3 is 0 Å². The van der Waals surface area contributed by atoms with Crippen molar-refractivity contribution in [1.29, 1.82) is 0 Å². The average molecular weight is 274 g/mol. The van der Waals surface area contributed by atoms with E-state index >= 15 is 0 Å². The van der Waals surface area contributed by atoms with Gasteiger partial charge in [0.15, 0.2) is 0 Å². The first-order valence-corrected chi connectivity index (χ1v) is 7.56. The molecule has 19 heavy (non-hydrogen) atoms. The molecule has 0 atom stereocenters. The van der Waals surface area contributed by atoms with Gasteiger partial charge in [-0.2, -0.15) is 0 Å². The Balaban J connectivity index is 2.08. The summed E-state index contributed by atoms with van der Waals surface area (Å²) in [6, 6.07) is 11.2. The minimum atomic E-state index is -0.0285. The highest BCUT2D eigenvalue weighted by Crippen LogP contribution is 2.15. The summed E-state index contributed by atoms with van der Waals surface area (Å²) in [7, 11) is 0. The van der Waals surface area contributed by atoms with E-state index in [4.69, 9.17) is 0 Å². The van der Waals surface area contributed by atoms with E-state index < -0.39 is 0 Å². The van der Waals surface area contributed by atoms with Gasteiger partial charge in [-0.15, -0.1) is 11.8 Å². The lowest BCUT2D eigenvalue weighted by Gasteiger charge is -2.05. The number of para-hydroxylation sites is 1. The van der Waals surface area contributed by atoms with Crippen LogP contribution in [0.3, 0.4) is 0 Å². The van der Waals surface area contributed by atoms with Crippen molar-refractivity contribution in [3.8, 4) is 5.69 Å². The van der Waals surface area contributed by atoms with Gasteiger partial charge in [0, 0.05) is 6.07 Å². The Labute approximate surface area is 117 Å². The largest absolute Gasteiger partial charge is 0.269 e. The second-order valence-electron chi connectivity index (χ2n) is 4.33. The van der Waals surface area contributed by atoms with Crippen LogP contribution < -0.4 is 5.56 Å². The first kappa shape index (κ1) is 13.9. The highest BCUT2D eigenvalue weighted by Gasteiger charge is 2.02. The fraction of sp³-hybridized carbons (Fsp3) is 0.333. The molecule has 0 unspecified atom stereocenters. The Hall–Kier alpha value is -1.55. The van der Waals surface area contributed by atoms with Crippen LogP contribution in [0.4, 0.5) is 0 Å². The SMILES string of the molecule is CCCCCSc1cc(=O)n(-c2ccccc2)cn1. The van der Waals surface area contributed by atoms with Crippen molar-refractivity contribution in [2.45, 2.75) is 31.2 Å². The van der Waals surface area contributed by atoms with Crippen LogP contribution in [0.25, 0.3) is 5.69 Å². The number of hydrogen-bond acceptors (Lipinski definition) is 3. The summed E-state index contributed by atoms with van der Waals surface area (Å²) >= 11 is 1.65. The summed E-state index contributed by atoms with van der Waals surface area (Å²) in [5.41, 5.74) is 0.821. The van der Waals surface area contributed by atoms with E-state index in [0.29, 0.717) is 0 Å². The predicted molar refractivity (Wildman–Crippen MR) is 80.1 cm³/mol. The molecule has 1 aromatic carbocycles. The maximum absolute atomic E-state index is 12.0. The minimum Gasteiger partial charge on any atom is -0.269 e. The first-order valence-electron chi connectivity index (χ1n) is 6.58. The third-order valence-electron chi connectivity index (χ3n) is 2.82. The number of nitrogens with zero attached hydrogens (tertiary/aromatic N) is 2. The lowest BCUT2D eigenvalue weighted by molar-refractivity contribution is 0.777. The van der Waals surface area contributed by atoms with E-state index in [0.717, 1.165) is 16.5 Å². The molecule has 3 nitrogen and oxygen atoms in total. The number of benzene rings is 1. The molecule has 0 saturated heterocycles. The zero-order valence-electron chi connectivity index (χ0n) is 11.1. The fourth-order valence-corrected chi connectivity index (χ4v) is 2.64. The molecule has 0 bridgehead atoms. The van der Waals surface area contributed by atoms with Crippen LogP contribution in [0.5, 0.6) is 0 Å². The van der Waals surface area contributed by atoms with Crippen molar-refractivity contribution >= 4 is 11.8 Å². The van der Waals surface area contributed by atoms with Crippen molar-refractivity contribution in [3.63, 3.8) is 0 Å². The normalized spacial score (nSPS) is 10.6. The van der Waals surface area contributed by atoms with Crippen LogP contribution in [0, 0.1) is 0 Å². The smallest absolute Gasteiger partial charge is 0.258 e. The highest BCUT2D eigenvalue weighted by molar-refractivity contribution is 7.99. The Morgan fingerprint density at radius 1 is 1.21 bits per heavy atom. The summed E-state index contributed by atoms with van der Waals surface area (Å²) in [5.74, 6) is 1.02. The molecule has 1 heterocycles. The van der Waals surface area contributed by atoms with Crippen LogP contribution in [0.1, 0.15) is 26.2 Å². The molecule has 1 aromatic heterocycles. The zero-order valence-corrected chi connectivity index (χ0v) is 11.9. The summed E-state index contributed by atoms with van der Waals surface area (Å²) in [6.07, 6.45) is 5.22. The molecule has 0 spiro atoms. The van der Waals surface area contributed by atoms with Gasteiger partial charge in [-0.25, -0.2) is 4.98 Å². The van der Waals surface area contributed by atoms with Crippen LogP contribution in [0.2, 0.25) is 0 Å². The number of rotatable bonds is 6. The van der Waals surface area contributed by atoms with E-state index in [1.807, 2.05) is 30.3 Å². The number of unbranched alkanes of at least 4 members (excludes halogenated alkanes) is 2. The van der Waals surface area contributed by atoms with Crippen LogP contribution in [0.15, 0.2) is 52.5 Å². The van der Waals surface area contributed by atoms with Crippen molar-refractivity contribution in [2.24, 2.45) is 0 Å². The standard InChI is InChI=1S/C15H18N2OS/c1-2-3-7-10-19-14-11-15(18)17(12-16-14)13-8-5-4-6-9-13/h4-6,8-9,11-12H,2-3,7,10H2,1H3. The first-order chi connectivity index (χ1) is 9.31. The molecule has 0 aliphatic rings. The average Bonchev–Trinajstić information content (AvgIpc) is 2.45. The van der Waals surface area contributed by atoms with Gasteiger partial charge in [-0.05, 0) is 24.3 Å². The van der Waals surface area contributed by atoms with E-state index in [9.17, 15) is 4.79 Å². The van der Waals surface area contributed by atoms with Gasteiger partial charge >= 0.3 is 0 Å². The zero-order chi connectivity index (χ0) is 13.5. The molecule has 4 heteroatoms. The molecule has 0 aliphatic carbocycles. The number of hydrogen-bond donors (Lipinski definition) is 0. The molecular formula is C15H18N2OS. The Bertz CT molecular complexity index is 566. The molecule has 0 N–H and O–H groups in total. The van der Waals surface area contributed by atoms with E-state index in [2.05, 4.69) is 11.9 Å². The molecule has 0 amide bonds. The summed E-state index contributed by atoms with van der Waals surface area (Å²) in [5, 5.41) is 0.813. The van der Waals surface area contributed by atoms with Gasteiger partial charge in [-0.1, -0.05) is 38.0 Å². The van der Waals surface area contributed by atoms with Crippen LogP contribution >= 0.6 is 11.8 Å². The van der Waals surface area contributed by atoms with Gasteiger partial charge in [0.2, 0.25) is 0 Å². The predicted octanol–water partition coefficient (Wildman–Crippen LogP) is 3.51. The molecule has 0 fully saturated rings. The monoisotopic (exact) mass is 274 g/mol. The van der Waals surface area contributed by atoms with Crippen molar-refractivity contribution in [2.75, 3.05) is 5.75 Å². The lowest BCUT2D eigenvalue weighted by Crippen LogP contribution is -2.17. The Morgan fingerprint density at radius 3 is 2.68 bits per heavy atom. The van der Waals surface area contributed by atoms with Gasteiger partial charge in [0.05, 0.1) is 5.69 Å². The molecule has 0 aliphatic heterocycles. The lowest BCUT2D eigenvalue weighted by atomic mass is 10.3. The molecule has 2 aromatic rings. The molecule has 0 radical (unpaired) electrons. The third kappa shape index (κ3) is 3.96. The third-order valence-corrected chi connectivity index (χ3v) is 3.83. The van der Waals surface area contributed by atoms with Gasteiger partial charge in [-0.3, -0.25) is 9.36 Å². The molecular weight excluding hydrogens is 256 g/mol. The van der Waals surface area contributed by atoms with E-state index in [-0.39, 0.29) is 5.56 Å². The van der Waals surface area contributed by atoms with Gasteiger partial charge in [0.1, 0.15) is 11.4 Å². The van der Waals surface area contributed by atoms with Gasteiger partial charge in [0.25, 0.3) is 5.56 Å². The summed E-state index contributed by atoms with van der Waals surface area (Å²) < 4.78 is 1.57. The highest BCUT2D eigenvalue weighted by atomic mass is 32.2. The Morgan fingerprint density at radius 2 is 2.00 bits per heavy atom. The van der Waals surface area contributed by atoms with Crippen LogP contribution in [-0.2, 0) is 0 Å². The van der Waals surface area contributed by atoms with Crippen molar-refractivity contribution in [1.82, 2.24) is 9.55 Å². The maximum Gasteiger partial charge on any atom is 0.258 e. The second-order valence-corrected chi connectivity index (χ2v) is 5.44. The summed E-state index contributed by atoms with van der Waals surface area (Å²) in [4.78, 5) is 16.4. The van der Waals surface area contributed by atoms with E-state index in [1.165, 1.54) is 19.3 Å². The topological polar surface area (TPSA) is 34.9 Å². The number of aromatic nitrogens is 2. The van der Waals surface area contributed by atoms with E-state index in [1.54, 1.807) is 28.7 Å².